The molecule has 3 nitrogen and oxygen atoms in total. The summed E-state index contributed by atoms with van der Waals surface area (Å²) in [5.41, 5.74) is 2.58. The molecule has 0 saturated heterocycles. The van der Waals surface area contributed by atoms with Crippen LogP contribution in [0.15, 0.2) is 16.6 Å². The van der Waals surface area contributed by atoms with Crippen molar-refractivity contribution in [1.82, 2.24) is 4.90 Å². The summed E-state index contributed by atoms with van der Waals surface area (Å²) in [5.74, 6) is 1.74. The molecule has 1 aromatic carbocycles. The molecule has 0 radical (unpaired) electrons. The molecule has 1 aliphatic heterocycles. The third-order valence-electron chi connectivity index (χ3n) is 4.05. The van der Waals surface area contributed by atoms with E-state index in [2.05, 4.69) is 40.0 Å². The summed E-state index contributed by atoms with van der Waals surface area (Å²) in [4.78, 5) is 2.33. The second-order valence-electron chi connectivity index (χ2n) is 5.84. The highest BCUT2D eigenvalue weighted by Crippen LogP contribution is 2.34. The van der Waals surface area contributed by atoms with E-state index in [4.69, 9.17) is 4.74 Å². The van der Waals surface area contributed by atoms with Gasteiger partial charge < -0.3 is 14.7 Å². The minimum absolute atomic E-state index is 0.0585. The van der Waals surface area contributed by atoms with E-state index in [-0.39, 0.29) is 6.10 Å². The number of nitrogens with zero attached hydrogens (tertiary/aromatic N) is 1. The van der Waals surface area contributed by atoms with E-state index in [0.29, 0.717) is 5.92 Å². The Kier molecular flexibility index (Phi) is 3.83. The quantitative estimate of drug-likeness (QED) is 0.923. The number of aliphatic hydroxyl groups excluding tert-OH is 1. The van der Waals surface area contributed by atoms with E-state index in [9.17, 15) is 5.11 Å². The van der Waals surface area contributed by atoms with Gasteiger partial charge in [0.25, 0.3) is 0 Å². The molecule has 0 amide bonds. The number of hydrogen-bond acceptors (Lipinski definition) is 3. The Balaban J connectivity index is 1.66. The topological polar surface area (TPSA) is 32.7 Å². The van der Waals surface area contributed by atoms with Gasteiger partial charge in [0.1, 0.15) is 5.75 Å². The maximum absolute atomic E-state index is 9.34. The van der Waals surface area contributed by atoms with Crippen LogP contribution in [0.2, 0.25) is 0 Å². The molecule has 0 atom stereocenters. The summed E-state index contributed by atoms with van der Waals surface area (Å²) >= 11 is 3.58. The number of aliphatic hydroxyl groups is 1. The van der Waals surface area contributed by atoms with E-state index in [0.717, 1.165) is 49.2 Å². The van der Waals surface area contributed by atoms with Gasteiger partial charge in [-0.05, 0) is 43.5 Å². The number of ether oxygens (including phenoxy) is 1. The minimum atomic E-state index is -0.0585. The standard InChI is InChI=1S/C15H20BrNO2/c1-17(8-10-4-14(18)5-10)9-12-7-13(16)6-11-2-3-19-15(11)12/h6-7,10,14,18H,2-5,8-9H2,1H3. The molecule has 19 heavy (non-hydrogen) atoms. The molecule has 0 bridgehead atoms. The van der Waals surface area contributed by atoms with E-state index in [1.54, 1.807) is 0 Å². The number of benzene rings is 1. The zero-order valence-electron chi connectivity index (χ0n) is 11.2. The third kappa shape index (κ3) is 2.96. The van der Waals surface area contributed by atoms with Crippen molar-refractivity contribution in [3.8, 4) is 5.75 Å². The van der Waals surface area contributed by atoms with Crippen molar-refractivity contribution in [3.05, 3.63) is 27.7 Å². The second-order valence-corrected chi connectivity index (χ2v) is 6.76. The summed E-state index contributed by atoms with van der Waals surface area (Å²) in [5, 5.41) is 9.34. The summed E-state index contributed by atoms with van der Waals surface area (Å²) in [6.07, 6.45) is 2.87. The fraction of sp³-hybridized carbons (Fsp3) is 0.600. The van der Waals surface area contributed by atoms with E-state index >= 15 is 0 Å². The summed E-state index contributed by atoms with van der Waals surface area (Å²) in [6, 6.07) is 4.32. The third-order valence-corrected chi connectivity index (χ3v) is 4.50. The van der Waals surface area contributed by atoms with Crippen LogP contribution in [-0.4, -0.2) is 36.3 Å². The van der Waals surface area contributed by atoms with Crippen LogP contribution in [0.25, 0.3) is 0 Å². The average molecular weight is 326 g/mol. The Hall–Kier alpha value is -0.580. The highest BCUT2D eigenvalue weighted by Gasteiger charge is 2.28. The van der Waals surface area contributed by atoms with E-state index in [1.807, 2.05) is 0 Å². The van der Waals surface area contributed by atoms with Gasteiger partial charge >= 0.3 is 0 Å². The maximum Gasteiger partial charge on any atom is 0.127 e. The van der Waals surface area contributed by atoms with Crippen LogP contribution in [0.5, 0.6) is 5.75 Å². The van der Waals surface area contributed by atoms with Gasteiger partial charge in [-0.1, -0.05) is 15.9 Å². The van der Waals surface area contributed by atoms with Crippen LogP contribution in [0.3, 0.4) is 0 Å². The lowest BCUT2D eigenvalue weighted by molar-refractivity contribution is 0.0273. The van der Waals surface area contributed by atoms with Crippen molar-refractivity contribution in [1.29, 1.82) is 0 Å². The molecule has 1 saturated carbocycles. The van der Waals surface area contributed by atoms with Gasteiger partial charge in [0.15, 0.2) is 0 Å². The molecule has 0 unspecified atom stereocenters. The Morgan fingerprint density at radius 1 is 1.42 bits per heavy atom. The van der Waals surface area contributed by atoms with Gasteiger partial charge in [0.2, 0.25) is 0 Å². The van der Waals surface area contributed by atoms with Crippen molar-refractivity contribution >= 4 is 15.9 Å². The molecule has 4 heteroatoms. The summed E-state index contributed by atoms with van der Waals surface area (Å²) < 4.78 is 6.90. The lowest BCUT2D eigenvalue weighted by atomic mass is 9.82. The summed E-state index contributed by atoms with van der Waals surface area (Å²) in [6.45, 7) is 2.77. The molecule has 104 valence electrons. The molecular weight excluding hydrogens is 306 g/mol. The van der Waals surface area contributed by atoms with Crippen LogP contribution >= 0.6 is 15.9 Å². The highest BCUT2D eigenvalue weighted by atomic mass is 79.9. The van der Waals surface area contributed by atoms with Crippen LogP contribution in [-0.2, 0) is 13.0 Å². The molecule has 1 fully saturated rings. The number of halogens is 1. The van der Waals surface area contributed by atoms with Crippen molar-refractivity contribution < 1.29 is 9.84 Å². The lowest BCUT2D eigenvalue weighted by Gasteiger charge is -2.34. The minimum Gasteiger partial charge on any atom is -0.493 e. The average Bonchev–Trinajstić information content (AvgIpc) is 2.74. The maximum atomic E-state index is 9.34. The van der Waals surface area contributed by atoms with Crippen LogP contribution in [0.1, 0.15) is 24.0 Å². The number of rotatable bonds is 4. The Labute approximate surface area is 122 Å². The molecule has 1 N–H and O–H groups in total. The SMILES string of the molecule is CN(Cc1cc(Br)cc2c1OCC2)CC1CC(O)C1. The highest BCUT2D eigenvalue weighted by molar-refractivity contribution is 9.10. The molecule has 2 aliphatic rings. The monoisotopic (exact) mass is 325 g/mol. The predicted octanol–water partition coefficient (Wildman–Crippen LogP) is 2.59. The van der Waals surface area contributed by atoms with E-state index < -0.39 is 0 Å². The lowest BCUT2D eigenvalue weighted by Crippen LogP contribution is -2.36. The van der Waals surface area contributed by atoms with Crippen LogP contribution in [0, 0.1) is 5.92 Å². The van der Waals surface area contributed by atoms with Gasteiger partial charge in [-0.25, -0.2) is 0 Å². The normalized spacial score (nSPS) is 25.1. The van der Waals surface area contributed by atoms with Gasteiger partial charge in [-0.3, -0.25) is 0 Å². The van der Waals surface area contributed by atoms with Gasteiger partial charge in [0, 0.05) is 29.5 Å². The molecule has 1 aliphatic carbocycles. The Morgan fingerprint density at radius 3 is 2.95 bits per heavy atom. The molecule has 1 aromatic rings. The van der Waals surface area contributed by atoms with Crippen molar-refractivity contribution in [2.24, 2.45) is 5.92 Å². The first-order valence-electron chi connectivity index (χ1n) is 6.92. The number of hydrogen-bond donors (Lipinski definition) is 1. The first kappa shape index (κ1) is 13.4. The zero-order chi connectivity index (χ0) is 13.4. The van der Waals surface area contributed by atoms with Gasteiger partial charge in [-0.15, -0.1) is 0 Å². The van der Waals surface area contributed by atoms with Crippen LogP contribution < -0.4 is 4.74 Å². The summed E-state index contributed by atoms with van der Waals surface area (Å²) in [7, 11) is 2.15. The Bertz CT molecular complexity index is 471. The predicted molar refractivity (Wildman–Crippen MR) is 78.4 cm³/mol. The number of fused-ring (bicyclic) bond motifs is 1. The van der Waals surface area contributed by atoms with Crippen molar-refractivity contribution in [2.45, 2.75) is 31.9 Å². The Morgan fingerprint density at radius 2 is 2.21 bits per heavy atom. The van der Waals surface area contributed by atoms with Gasteiger partial charge in [-0.2, -0.15) is 0 Å². The van der Waals surface area contributed by atoms with Crippen molar-refractivity contribution in [2.75, 3.05) is 20.2 Å². The molecule has 0 aromatic heterocycles. The fourth-order valence-electron chi connectivity index (χ4n) is 3.11. The second kappa shape index (κ2) is 5.43. The molecule has 0 spiro atoms. The molecule has 1 heterocycles. The van der Waals surface area contributed by atoms with Gasteiger partial charge in [0.05, 0.1) is 12.7 Å². The smallest absolute Gasteiger partial charge is 0.127 e. The van der Waals surface area contributed by atoms with Crippen molar-refractivity contribution in [3.63, 3.8) is 0 Å². The zero-order valence-corrected chi connectivity index (χ0v) is 12.8. The van der Waals surface area contributed by atoms with E-state index in [1.165, 1.54) is 11.1 Å². The molecule has 3 rings (SSSR count). The fourth-order valence-corrected chi connectivity index (χ4v) is 3.66. The first-order valence-corrected chi connectivity index (χ1v) is 7.72. The molecular formula is C15H20BrNO2. The largest absolute Gasteiger partial charge is 0.493 e. The van der Waals surface area contributed by atoms with Crippen LogP contribution in [0.4, 0.5) is 0 Å². The first-order chi connectivity index (χ1) is 9.11.